The van der Waals surface area contributed by atoms with Crippen LogP contribution in [0.3, 0.4) is 0 Å². The van der Waals surface area contributed by atoms with Crippen LogP contribution in [-0.2, 0) is 11.3 Å². The normalized spacial score (nSPS) is 10.5. The fourth-order valence-electron chi connectivity index (χ4n) is 1.90. The van der Waals surface area contributed by atoms with Crippen molar-refractivity contribution >= 4 is 17.7 Å². The molecule has 0 bridgehead atoms. The molecule has 0 fully saturated rings. The molecule has 0 spiro atoms. The van der Waals surface area contributed by atoms with Gasteiger partial charge in [0.15, 0.2) is 0 Å². The summed E-state index contributed by atoms with van der Waals surface area (Å²) in [6, 6.07) is 9.21. The predicted octanol–water partition coefficient (Wildman–Crippen LogP) is 2.28. The van der Waals surface area contributed by atoms with Crippen LogP contribution in [-0.4, -0.2) is 43.7 Å². The highest BCUT2D eigenvalue weighted by atomic mass is 32.2. The summed E-state index contributed by atoms with van der Waals surface area (Å²) in [5.41, 5.74) is 0.634. The molecule has 0 radical (unpaired) electrons. The Morgan fingerprint density at radius 3 is 2.79 bits per heavy atom. The van der Waals surface area contributed by atoms with Crippen LogP contribution in [0.1, 0.15) is 5.89 Å². The summed E-state index contributed by atoms with van der Waals surface area (Å²) in [7, 11) is 1.71. The van der Waals surface area contributed by atoms with E-state index in [4.69, 9.17) is 4.52 Å². The zero-order valence-corrected chi connectivity index (χ0v) is 13.8. The molecule has 0 aliphatic carbocycles. The fraction of sp³-hybridized carbons (Fsp3) is 0.188. The third-order valence-corrected chi connectivity index (χ3v) is 4.17. The van der Waals surface area contributed by atoms with Gasteiger partial charge in [0, 0.05) is 30.5 Å². The summed E-state index contributed by atoms with van der Waals surface area (Å²) >= 11 is 1.46. The molecule has 0 atom stereocenters. The molecule has 0 aromatic carbocycles. The number of pyridine rings is 2. The smallest absolute Gasteiger partial charge is 0.246 e. The summed E-state index contributed by atoms with van der Waals surface area (Å²) in [6.45, 7) is 0.259. The first-order chi connectivity index (χ1) is 11.7. The van der Waals surface area contributed by atoms with Crippen molar-refractivity contribution in [3.8, 4) is 11.5 Å². The molecule has 8 heteroatoms. The van der Waals surface area contributed by atoms with E-state index in [9.17, 15) is 4.79 Å². The Morgan fingerprint density at radius 1 is 1.21 bits per heavy atom. The van der Waals surface area contributed by atoms with E-state index in [1.807, 2.05) is 24.3 Å². The van der Waals surface area contributed by atoms with Gasteiger partial charge in [0.2, 0.25) is 17.6 Å². The highest BCUT2D eigenvalue weighted by Crippen LogP contribution is 2.17. The summed E-state index contributed by atoms with van der Waals surface area (Å²) in [4.78, 5) is 27.1. The summed E-state index contributed by atoms with van der Waals surface area (Å²) in [6.07, 6.45) is 5.07. The number of carbonyl (C=O) groups is 1. The minimum Gasteiger partial charge on any atom is -0.337 e. The number of amides is 1. The van der Waals surface area contributed by atoms with Gasteiger partial charge in [-0.1, -0.05) is 11.2 Å². The van der Waals surface area contributed by atoms with Gasteiger partial charge in [-0.2, -0.15) is 4.98 Å². The Morgan fingerprint density at radius 2 is 2.04 bits per heavy atom. The number of aromatic nitrogens is 4. The molecule has 7 nitrogen and oxygen atoms in total. The average molecular weight is 341 g/mol. The first-order valence-electron chi connectivity index (χ1n) is 7.23. The Hall–Kier alpha value is -2.74. The number of nitrogens with zero attached hydrogens (tertiary/aromatic N) is 5. The second kappa shape index (κ2) is 7.69. The van der Waals surface area contributed by atoms with Crippen molar-refractivity contribution in [1.82, 2.24) is 25.0 Å². The maximum absolute atomic E-state index is 12.2. The lowest BCUT2D eigenvalue weighted by atomic mass is 10.3. The van der Waals surface area contributed by atoms with Crippen molar-refractivity contribution in [1.29, 1.82) is 0 Å². The SMILES string of the molecule is CN(Cc1nc(-c2ccccn2)no1)C(=O)CSc1ccncc1. The van der Waals surface area contributed by atoms with E-state index in [1.54, 1.807) is 36.6 Å². The standard InChI is InChI=1S/C16H15N5O2S/c1-21(15(22)11-24-12-5-8-17-9-6-12)10-14-19-16(20-23-14)13-4-2-3-7-18-13/h2-9H,10-11H2,1H3. The van der Waals surface area contributed by atoms with Crippen LogP contribution < -0.4 is 0 Å². The molecule has 122 valence electrons. The summed E-state index contributed by atoms with van der Waals surface area (Å²) in [5, 5.41) is 3.89. The van der Waals surface area contributed by atoms with Crippen LogP contribution in [0.2, 0.25) is 0 Å². The van der Waals surface area contributed by atoms with Gasteiger partial charge in [0.05, 0.1) is 12.3 Å². The van der Waals surface area contributed by atoms with Gasteiger partial charge < -0.3 is 9.42 Å². The molecule has 1 amide bonds. The number of hydrogen-bond donors (Lipinski definition) is 0. The molecule has 0 saturated heterocycles. The molecule has 0 aliphatic heterocycles. The first-order valence-corrected chi connectivity index (χ1v) is 8.22. The van der Waals surface area contributed by atoms with Gasteiger partial charge in [0.1, 0.15) is 5.69 Å². The van der Waals surface area contributed by atoms with Crippen LogP contribution in [0, 0.1) is 0 Å². The van der Waals surface area contributed by atoms with Crippen molar-refractivity contribution < 1.29 is 9.32 Å². The Kier molecular flexibility index (Phi) is 5.17. The maximum atomic E-state index is 12.2. The number of hydrogen-bond acceptors (Lipinski definition) is 7. The second-order valence-electron chi connectivity index (χ2n) is 4.95. The van der Waals surface area contributed by atoms with E-state index < -0.39 is 0 Å². The van der Waals surface area contributed by atoms with Gasteiger partial charge in [0.25, 0.3) is 0 Å². The predicted molar refractivity (Wildman–Crippen MR) is 89.0 cm³/mol. The molecule has 3 rings (SSSR count). The van der Waals surface area contributed by atoms with Gasteiger partial charge in [-0.3, -0.25) is 14.8 Å². The highest BCUT2D eigenvalue weighted by molar-refractivity contribution is 8.00. The topological polar surface area (TPSA) is 85.0 Å². The van der Waals surface area contributed by atoms with Crippen molar-refractivity contribution in [3.63, 3.8) is 0 Å². The zero-order chi connectivity index (χ0) is 16.8. The average Bonchev–Trinajstić information content (AvgIpc) is 3.10. The van der Waals surface area contributed by atoms with Crippen LogP contribution in [0.4, 0.5) is 0 Å². The van der Waals surface area contributed by atoms with Crippen LogP contribution in [0.25, 0.3) is 11.5 Å². The van der Waals surface area contributed by atoms with E-state index in [-0.39, 0.29) is 12.5 Å². The van der Waals surface area contributed by atoms with Crippen molar-refractivity contribution in [3.05, 3.63) is 54.8 Å². The molecule has 24 heavy (non-hydrogen) atoms. The molecule has 0 N–H and O–H groups in total. The number of carbonyl (C=O) groups excluding carboxylic acids is 1. The quantitative estimate of drug-likeness (QED) is 0.636. The van der Waals surface area contributed by atoms with E-state index in [0.717, 1.165) is 4.90 Å². The third-order valence-electron chi connectivity index (χ3n) is 3.17. The van der Waals surface area contributed by atoms with Crippen LogP contribution in [0.15, 0.2) is 58.3 Å². The van der Waals surface area contributed by atoms with Crippen molar-refractivity contribution in [2.24, 2.45) is 0 Å². The second-order valence-corrected chi connectivity index (χ2v) is 6.00. The molecule has 0 unspecified atom stereocenters. The molecule has 3 aromatic heterocycles. The Bertz CT molecular complexity index is 794. The van der Waals surface area contributed by atoms with E-state index in [2.05, 4.69) is 20.1 Å². The lowest BCUT2D eigenvalue weighted by molar-refractivity contribution is -0.127. The monoisotopic (exact) mass is 341 g/mol. The van der Waals surface area contributed by atoms with E-state index in [0.29, 0.717) is 23.2 Å². The highest BCUT2D eigenvalue weighted by Gasteiger charge is 2.15. The lowest BCUT2D eigenvalue weighted by Crippen LogP contribution is -2.27. The molecule has 3 heterocycles. The van der Waals surface area contributed by atoms with Gasteiger partial charge >= 0.3 is 0 Å². The molecule has 3 aromatic rings. The van der Waals surface area contributed by atoms with Crippen molar-refractivity contribution in [2.75, 3.05) is 12.8 Å². The fourth-order valence-corrected chi connectivity index (χ4v) is 2.72. The summed E-state index contributed by atoms with van der Waals surface area (Å²) in [5.74, 6) is 1.11. The van der Waals surface area contributed by atoms with Crippen LogP contribution >= 0.6 is 11.8 Å². The molecule has 0 saturated carbocycles. The lowest BCUT2D eigenvalue weighted by Gasteiger charge is -2.14. The molecular weight excluding hydrogens is 326 g/mol. The first kappa shape index (κ1) is 16.1. The molecular formula is C16H15N5O2S. The Balaban J connectivity index is 1.55. The number of rotatable bonds is 6. The maximum Gasteiger partial charge on any atom is 0.246 e. The van der Waals surface area contributed by atoms with Crippen LogP contribution in [0.5, 0.6) is 0 Å². The summed E-state index contributed by atoms with van der Waals surface area (Å²) < 4.78 is 5.19. The van der Waals surface area contributed by atoms with Gasteiger partial charge in [-0.05, 0) is 24.3 Å². The minimum atomic E-state index is -0.0191. The zero-order valence-electron chi connectivity index (χ0n) is 13.0. The van der Waals surface area contributed by atoms with Crippen molar-refractivity contribution in [2.45, 2.75) is 11.4 Å². The molecule has 0 aliphatic rings. The van der Waals surface area contributed by atoms with E-state index >= 15 is 0 Å². The van der Waals surface area contributed by atoms with Gasteiger partial charge in [-0.15, -0.1) is 11.8 Å². The number of thioether (sulfide) groups is 1. The Labute approximate surface area is 143 Å². The third kappa shape index (κ3) is 4.17. The van der Waals surface area contributed by atoms with Gasteiger partial charge in [-0.25, -0.2) is 0 Å². The van der Waals surface area contributed by atoms with E-state index in [1.165, 1.54) is 11.8 Å². The minimum absolute atomic E-state index is 0.0191. The largest absolute Gasteiger partial charge is 0.337 e.